The highest BCUT2D eigenvalue weighted by atomic mass is 35.5. The molecule has 6 nitrogen and oxygen atoms in total. The fraction of sp³-hybridized carbons (Fsp3) is 0.667. The van der Waals surface area contributed by atoms with Crippen LogP contribution in [0, 0.1) is 5.92 Å². The van der Waals surface area contributed by atoms with Gasteiger partial charge in [-0.1, -0.05) is 0 Å². The summed E-state index contributed by atoms with van der Waals surface area (Å²) in [5, 5.41) is 11.4. The Morgan fingerprint density at radius 3 is 2.65 bits per heavy atom. The van der Waals surface area contributed by atoms with E-state index in [9.17, 15) is 4.79 Å². The summed E-state index contributed by atoms with van der Waals surface area (Å²) in [5.74, 6) is 1.90. The van der Waals surface area contributed by atoms with Gasteiger partial charge >= 0.3 is 0 Å². The second-order valence-electron chi connectivity index (χ2n) is 5.85. The highest BCUT2D eigenvalue weighted by molar-refractivity contribution is 5.85. The van der Waals surface area contributed by atoms with Crippen molar-refractivity contribution in [3.63, 3.8) is 0 Å². The third-order valence-corrected chi connectivity index (χ3v) is 4.44. The molecule has 2 saturated heterocycles. The van der Waals surface area contributed by atoms with Crippen molar-refractivity contribution in [2.75, 3.05) is 44.2 Å². The first-order valence-electron chi connectivity index (χ1n) is 7.84. The maximum atomic E-state index is 12.3. The minimum Gasteiger partial charge on any atom is -0.352 e. The smallest absolute Gasteiger partial charge is 0.222 e. The Balaban J connectivity index is 0.00000132. The zero-order chi connectivity index (χ0) is 14.5. The van der Waals surface area contributed by atoms with E-state index in [2.05, 4.69) is 20.4 Å². The lowest BCUT2D eigenvalue weighted by atomic mass is 10.0. The van der Waals surface area contributed by atoms with Crippen LogP contribution in [0.25, 0.3) is 0 Å². The fourth-order valence-corrected chi connectivity index (χ4v) is 3.09. The molecule has 0 bridgehead atoms. The Labute approximate surface area is 149 Å². The number of halogens is 2. The highest BCUT2D eigenvalue weighted by Gasteiger charge is 2.23. The predicted octanol–water partition coefficient (Wildman–Crippen LogP) is 1.36. The van der Waals surface area contributed by atoms with E-state index in [4.69, 9.17) is 0 Å². The van der Waals surface area contributed by atoms with Crippen LogP contribution in [0.1, 0.15) is 19.3 Å². The van der Waals surface area contributed by atoms with Crippen LogP contribution in [-0.4, -0.2) is 60.3 Å². The molecule has 1 aromatic heterocycles. The number of carbonyl (C=O) groups excluding carboxylic acids is 1. The number of piperazine rings is 1. The molecule has 1 N–H and O–H groups in total. The highest BCUT2D eigenvalue weighted by Crippen LogP contribution is 2.17. The number of aromatic nitrogens is 2. The maximum Gasteiger partial charge on any atom is 0.222 e. The van der Waals surface area contributed by atoms with E-state index >= 15 is 0 Å². The van der Waals surface area contributed by atoms with E-state index in [0.29, 0.717) is 18.2 Å². The van der Waals surface area contributed by atoms with Crippen molar-refractivity contribution in [1.82, 2.24) is 20.4 Å². The first-order chi connectivity index (χ1) is 10.3. The van der Waals surface area contributed by atoms with Crippen LogP contribution in [0.5, 0.6) is 0 Å². The predicted molar refractivity (Wildman–Crippen MR) is 95.5 cm³/mol. The van der Waals surface area contributed by atoms with E-state index in [1.54, 1.807) is 6.20 Å². The number of rotatable bonds is 4. The van der Waals surface area contributed by atoms with Crippen LogP contribution < -0.4 is 10.2 Å². The van der Waals surface area contributed by atoms with Gasteiger partial charge in [0.05, 0.1) is 0 Å². The summed E-state index contributed by atoms with van der Waals surface area (Å²) in [7, 11) is 0. The molecule has 2 fully saturated rings. The number of hydrogen-bond acceptors (Lipinski definition) is 5. The van der Waals surface area contributed by atoms with Crippen molar-refractivity contribution in [2.24, 2.45) is 5.92 Å². The van der Waals surface area contributed by atoms with Gasteiger partial charge < -0.3 is 15.1 Å². The summed E-state index contributed by atoms with van der Waals surface area (Å²) in [6.45, 7) is 5.45. The zero-order valence-corrected chi connectivity index (χ0v) is 14.8. The molecule has 0 spiro atoms. The monoisotopic (exact) mass is 361 g/mol. The largest absolute Gasteiger partial charge is 0.352 e. The molecule has 1 amide bonds. The lowest BCUT2D eigenvalue weighted by Crippen LogP contribution is -2.49. The molecule has 0 radical (unpaired) electrons. The van der Waals surface area contributed by atoms with E-state index < -0.39 is 0 Å². The van der Waals surface area contributed by atoms with Crippen molar-refractivity contribution in [3.8, 4) is 0 Å². The van der Waals surface area contributed by atoms with Gasteiger partial charge in [-0.2, -0.15) is 5.10 Å². The minimum absolute atomic E-state index is 0. The Morgan fingerprint density at radius 1 is 1.26 bits per heavy atom. The second-order valence-corrected chi connectivity index (χ2v) is 5.85. The molecule has 23 heavy (non-hydrogen) atoms. The normalized spacial score (nSPS) is 20.6. The lowest BCUT2D eigenvalue weighted by molar-refractivity contribution is -0.131. The molecule has 8 heteroatoms. The Kier molecular flexibility index (Phi) is 8.58. The molecule has 1 unspecified atom stereocenters. The van der Waals surface area contributed by atoms with Crippen LogP contribution in [0.4, 0.5) is 5.82 Å². The molecule has 0 saturated carbocycles. The summed E-state index contributed by atoms with van der Waals surface area (Å²) in [6, 6.07) is 3.87. The molecule has 3 heterocycles. The average molecular weight is 362 g/mol. The van der Waals surface area contributed by atoms with Gasteiger partial charge in [0.25, 0.3) is 0 Å². The molecule has 0 aliphatic carbocycles. The van der Waals surface area contributed by atoms with Gasteiger partial charge in [-0.25, -0.2) is 0 Å². The number of amides is 1. The van der Waals surface area contributed by atoms with E-state index in [-0.39, 0.29) is 24.8 Å². The van der Waals surface area contributed by atoms with Crippen LogP contribution in [-0.2, 0) is 4.79 Å². The molecule has 0 aromatic carbocycles. The van der Waals surface area contributed by atoms with Crippen molar-refractivity contribution >= 4 is 36.5 Å². The SMILES string of the molecule is Cl.Cl.O=C(CCC1CCNC1)N1CCN(c2cccnn2)CC1. The molecular weight excluding hydrogens is 337 g/mol. The number of anilines is 1. The quantitative estimate of drug-likeness (QED) is 0.877. The number of hydrogen-bond donors (Lipinski definition) is 1. The molecule has 1 aromatic rings. The Hall–Kier alpha value is -1.11. The van der Waals surface area contributed by atoms with Crippen LogP contribution in [0.15, 0.2) is 18.3 Å². The molecule has 130 valence electrons. The Bertz CT molecular complexity index is 462. The van der Waals surface area contributed by atoms with E-state index in [0.717, 1.165) is 51.5 Å². The Morgan fingerprint density at radius 2 is 2.04 bits per heavy atom. The molecule has 1 atom stereocenters. The number of nitrogens with one attached hydrogen (secondary N) is 1. The standard InChI is InChI=1S/C15H23N5O.2ClH/c21-15(4-3-13-5-7-16-12-13)20-10-8-19(9-11-20)14-2-1-6-17-18-14;;/h1-2,6,13,16H,3-5,7-12H2;2*1H. The number of carbonyl (C=O) groups is 1. The third kappa shape index (κ3) is 5.48. The molecule has 2 aliphatic rings. The maximum absolute atomic E-state index is 12.3. The summed E-state index contributed by atoms with van der Waals surface area (Å²) < 4.78 is 0. The van der Waals surface area contributed by atoms with Gasteiger partial charge in [-0.15, -0.1) is 29.9 Å². The molecule has 3 rings (SSSR count). The van der Waals surface area contributed by atoms with Crippen molar-refractivity contribution in [1.29, 1.82) is 0 Å². The minimum atomic E-state index is 0. The fourth-order valence-electron chi connectivity index (χ4n) is 3.09. The van der Waals surface area contributed by atoms with Gasteiger partial charge in [-0.3, -0.25) is 4.79 Å². The van der Waals surface area contributed by atoms with Gasteiger partial charge in [0.2, 0.25) is 5.91 Å². The zero-order valence-electron chi connectivity index (χ0n) is 13.2. The van der Waals surface area contributed by atoms with Gasteiger partial charge in [0, 0.05) is 38.8 Å². The first kappa shape index (κ1) is 19.9. The van der Waals surface area contributed by atoms with Gasteiger partial charge in [0.15, 0.2) is 5.82 Å². The topological polar surface area (TPSA) is 61.4 Å². The number of nitrogens with zero attached hydrogens (tertiary/aromatic N) is 4. The summed E-state index contributed by atoms with van der Waals surface area (Å²) in [4.78, 5) is 16.4. The van der Waals surface area contributed by atoms with Crippen molar-refractivity contribution in [2.45, 2.75) is 19.3 Å². The summed E-state index contributed by atoms with van der Waals surface area (Å²) in [5.41, 5.74) is 0. The van der Waals surface area contributed by atoms with Crippen LogP contribution >= 0.6 is 24.8 Å². The summed E-state index contributed by atoms with van der Waals surface area (Å²) >= 11 is 0. The molecule has 2 aliphatic heterocycles. The van der Waals surface area contributed by atoms with E-state index in [1.165, 1.54) is 6.42 Å². The average Bonchev–Trinajstić information content (AvgIpc) is 3.07. The molecular formula is C15H25Cl2N5O. The first-order valence-corrected chi connectivity index (χ1v) is 7.84. The van der Waals surface area contributed by atoms with E-state index in [1.807, 2.05) is 17.0 Å². The summed E-state index contributed by atoms with van der Waals surface area (Å²) in [6.07, 6.45) is 4.61. The van der Waals surface area contributed by atoms with Crippen LogP contribution in [0.2, 0.25) is 0 Å². The van der Waals surface area contributed by atoms with Gasteiger partial charge in [0.1, 0.15) is 0 Å². The lowest BCUT2D eigenvalue weighted by Gasteiger charge is -2.35. The van der Waals surface area contributed by atoms with Crippen LogP contribution in [0.3, 0.4) is 0 Å². The third-order valence-electron chi connectivity index (χ3n) is 4.44. The van der Waals surface area contributed by atoms with Gasteiger partial charge in [-0.05, 0) is 44.0 Å². The van der Waals surface area contributed by atoms with Crippen molar-refractivity contribution in [3.05, 3.63) is 18.3 Å². The second kappa shape index (κ2) is 9.90. The van der Waals surface area contributed by atoms with Crippen molar-refractivity contribution < 1.29 is 4.79 Å².